The smallest absolute Gasteiger partial charge is 0.416 e. The van der Waals surface area contributed by atoms with E-state index in [1.54, 1.807) is 13.8 Å². The van der Waals surface area contributed by atoms with Crippen molar-refractivity contribution in [3.8, 4) is 0 Å². The van der Waals surface area contributed by atoms with Gasteiger partial charge in [0, 0.05) is 5.02 Å². The lowest BCUT2D eigenvalue weighted by Gasteiger charge is -2.19. The maximum absolute atomic E-state index is 12.6. The highest BCUT2D eigenvalue weighted by atomic mass is 35.5. The number of hydrogen-bond donors (Lipinski definition) is 1. The lowest BCUT2D eigenvalue weighted by atomic mass is 9.87. The fourth-order valence-corrected chi connectivity index (χ4v) is 1.97. The molecule has 0 aliphatic carbocycles. The third kappa shape index (κ3) is 3.16. The van der Waals surface area contributed by atoms with Crippen molar-refractivity contribution in [1.29, 1.82) is 0 Å². The number of alkyl halides is 3. The maximum atomic E-state index is 12.6. The molecular formula is C12H12ClF3O2. The zero-order chi connectivity index (χ0) is 14.1. The first-order chi connectivity index (χ1) is 8.14. The largest absolute Gasteiger partial charge is 0.481 e. The minimum atomic E-state index is -4.51. The molecule has 0 heterocycles. The van der Waals surface area contributed by atoms with Gasteiger partial charge in [0.05, 0.1) is 11.5 Å². The molecule has 18 heavy (non-hydrogen) atoms. The first-order valence-corrected chi connectivity index (χ1v) is 5.62. The normalized spacial score (nSPS) is 13.7. The van der Waals surface area contributed by atoms with E-state index >= 15 is 0 Å². The summed E-state index contributed by atoms with van der Waals surface area (Å²) >= 11 is 5.80. The van der Waals surface area contributed by atoms with Crippen LogP contribution in [0.3, 0.4) is 0 Å². The molecule has 0 aliphatic heterocycles. The quantitative estimate of drug-likeness (QED) is 0.902. The molecule has 0 saturated carbocycles. The maximum Gasteiger partial charge on any atom is 0.416 e. The van der Waals surface area contributed by atoms with Crippen LogP contribution in [0.25, 0.3) is 0 Å². The number of aliphatic carboxylic acids is 1. The van der Waals surface area contributed by atoms with Crippen LogP contribution in [0.1, 0.15) is 30.9 Å². The predicted octanol–water partition coefficient (Wildman–Crippen LogP) is 4.18. The van der Waals surface area contributed by atoms with Gasteiger partial charge in [-0.05, 0) is 29.7 Å². The lowest BCUT2D eigenvalue weighted by Crippen LogP contribution is -2.19. The van der Waals surface area contributed by atoms with Crippen molar-refractivity contribution in [2.75, 3.05) is 0 Å². The third-order valence-corrected chi connectivity index (χ3v) is 2.94. The van der Waals surface area contributed by atoms with Crippen molar-refractivity contribution >= 4 is 17.6 Å². The van der Waals surface area contributed by atoms with E-state index in [0.29, 0.717) is 0 Å². The number of hydrogen-bond acceptors (Lipinski definition) is 1. The Balaban J connectivity index is 3.34. The Bertz CT molecular complexity index is 455. The second-order valence-corrected chi connectivity index (χ2v) is 4.70. The fourth-order valence-electron chi connectivity index (χ4n) is 1.74. The summed E-state index contributed by atoms with van der Waals surface area (Å²) in [5.41, 5.74) is -0.900. The Morgan fingerprint density at radius 1 is 1.33 bits per heavy atom. The van der Waals surface area contributed by atoms with Crippen molar-refractivity contribution in [3.05, 3.63) is 34.3 Å². The van der Waals surface area contributed by atoms with E-state index in [4.69, 9.17) is 16.7 Å². The van der Waals surface area contributed by atoms with Crippen LogP contribution < -0.4 is 0 Å². The Labute approximate surface area is 107 Å². The molecule has 0 amide bonds. The molecule has 1 unspecified atom stereocenters. The van der Waals surface area contributed by atoms with E-state index in [1.165, 1.54) is 0 Å². The molecule has 2 nitrogen and oxygen atoms in total. The molecule has 0 aliphatic rings. The average molecular weight is 281 g/mol. The zero-order valence-corrected chi connectivity index (χ0v) is 10.5. The number of carboxylic acid groups (broad SMARTS) is 1. The van der Waals surface area contributed by atoms with Gasteiger partial charge < -0.3 is 5.11 Å². The number of rotatable bonds is 3. The van der Waals surface area contributed by atoms with Crippen LogP contribution in [0.4, 0.5) is 13.2 Å². The standard InChI is InChI=1S/C12H12ClF3O2/c1-6(2)10(11(17)18)8-5-7(12(14,15)16)3-4-9(8)13/h3-6,10H,1-2H3,(H,17,18). The van der Waals surface area contributed by atoms with E-state index in [1.807, 2.05) is 0 Å². The van der Waals surface area contributed by atoms with E-state index in [0.717, 1.165) is 18.2 Å². The lowest BCUT2D eigenvalue weighted by molar-refractivity contribution is -0.141. The summed E-state index contributed by atoms with van der Waals surface area (Å²) in [6.45, 7) is 3.24. The van der Waals surface area contributed by atoms with Crippen LogP contribution in [0.2, 0.25) is 5.02 Å². The van der Waals surface area contributed by atoms with Gasteiger partial charge >= 0.3 is 12.1 Å². The first-order valence-electron chi connectivity index (χ1n) is 5.24. The predicted molar refractivity (Wildman–Crippen MR) is 61.7 cm³/mol. The summed E-state index contributed by atoms with van der Waals surface area (Å²) in [6, 6.07) is 2.73. The van der Waals surface area contributed by atoms with Crippen molar-refractivity contribution in [2.45, 2.75) is 25.9 Å². The summed E-state index contributed by atoms with van der Waals surface area (Å²) < 4.78 is 37.7. The van der Waals surface area contributed by atoms with Gasteiger partial charge in [0.15, 0.2) is 0 Å². The average Bonchev–Trinajstić information content (AvgIpc) is 2.18. The molecule has 1 aromatic rings. The third-order valence-electron chi connectivity index (χ3n) is 2.59. The Morgan fingerprint density at radius 3 is 2.28 bits per heavy atom. The van der Waals surface area contributed by atoms with Gasteiger partial charge in [-0.3, -0.25) is 4.79 Å². The van der Waals surface area contributed by atoms with E-state index < -0.39 is 23.6 Å². The molecule has 1 aromatic carbocycles. The Hall–Kier alpha value is -1.23. The molecule has 0 spiro atoms. The molecule has 6 heteroatoms. The number of benzene rings is 1. The zero-order valence-electron chi connectivity index (χ0n) is 9.75. The van der Waals surface area contributed by atoms with Gasteiger partial charge in [0.2, 0.25) is 0 Å². The molecule has 0 radical (unpaired) electrons. The van der Waals surface area contributed by atoms with Crippen molar-refractivity contribution in [3.63, 3.8) is 0 Å². The summed E-state index contributed by atoms with van der Waals surface area (Å²) in [5.74, 6) is -2.60. The number of carbonyl (C=O) groups is 1. The molecule has 0 bridgehead atoms. The monoisotopic (exact) mass is 280 g/mol. The van der Waals surface area contributed by atoms with Crippen molar-refractivity contribution in [2.24, 2.45) is 5.92 Å². The van der Waals surface area contributed by atoms with E-state index in [-0.39, 0.29) is 16.5 Å². The molecule has 0 saturated heterocycles. The number of carboxylic acids is 1. The fraction of sp³-hybridized carbons (Fsp3) is 0.417. The second-order valence-electron chi connectivity index (χ2n) is 4.29. The van der Waals surface area contributed by atoms with Gasteiger partial charge in [-0.1, -0.05) is 25.4 Å². The minimum Gasteiger partial charge on any atom is -0.481 e. The molecule has 0 fully saturated rings. The van der Waals surface area contributed by atoms with Crippen LogP contribution in [0.15, 0.2) is 18.2 Å². The van der Waals surface area contributed by atoms with Crippen LogP contribution in [-0.2, 0) is 11.0 Å². The highest BCUT2D eigenvalue weighted by molar-refractivity contribution is 6.31. The minimum absolute atomic E-state index is 0.00556. The SMILES string of the molecule is CC(C)C(C(=O)O)c1cc(C(F)(F)F)ccc1Cl. The van der Waals surface area contributed by atoms with Crippen LogP contribution in [-0.4, -0.2) is 11.1 Å². The summed E-state index contributed by atoms with van der Waals surface area (Å²) in [6.07, 6.45) is -4.51. The van der Waals surface area contributed by atoms with Gasteiger partial charge in [-0.15, -0.1) is 0 Å². The van der Waals surface area contributed by atoms with E-state index in [9.17, 15) is 18.0 Å². The molecule has 100 valence electrons. The molecule has 0 aromatic heterocycles. The first kappa shape index (κ1) is 14.8. The van der Waals surface area contributed by atoms with Crippen LogP contribution >= 0.6 is 11.6 Å². The van der Waals surface area contributed by atoms with Crippen LogP contribution in [0, 0.1) is 5.92 Å². The van der Waals surface area contributed by atoms with E-state index in [2.05, 4.69) is 0 Å². The summed E-state index contributed by atoms with van der Waals surface area (Å²) in [7, 11) is 0. The summed E-state index contributed by atoms with van der Waals surface area (Å²) in [5, 5.41) is 9.11. The highest BCUT2D eigenvalue weighted by Crippen LogP contribution is 2.36. The number of halogens is 4. The van der Waals surface area contributed by atoms with Gasteiger partial charge in [-0.2, -0.15) is 13.2 Å². The highest BCUT2D eigenvalue weighted by Gasteiger charge is 2.33. The Kier molecular flexibility index (Phi) is 4.27. The van der Waals surface area contributed by atoms with Crippen LogP contribution in [0.5, 0.6) is 0 Å². The Morgan fingerprint density at radius 2 is 1.89 bits per heavy atom. The molecule has 1 rings (SSSR count). The van der Waals surface area contributed by atoms with Gasteiger partial charge in [-0.25, -0.2) is 0 Å². The summed E-state index contributed by atoms with van der Waals surface area (Å²) in [4.78, 5) is 11.1. The molecule has 1 atom stereocenters. The van der Waals surface area contributed by atoms with Gasteiger partial charge in [0.1, 0.15) is 0 Å². The molecule has 1 N–H and O–H groups in total. The van der Waals surface area contributed by atoms with Crippen molar-refractivity contribution in [1.82, 2.24) is 0 Å². The topological polar surface area (TPSA) is 37.3 Å². The molecular weight excluding hydrogens is 269 g/mol. The van der Waals surface area contributed by atoms with Crippen molar-refractivity contribution < 1.29 is 23.1 Å². The second kappa shape index (κ2) is 5.18. The van der Waals surface area contributed by atoms with Gasteiger partial charge in [0.25, 0.3) is 0 Å².